The second-order valence-electron chi connectivity index (χ2n) is 10.3. The fourth-order valence-corrected chi connectivity index (χ4v) is 4.86. The Balaban J connectivity index is 1.60. The minimum absolute atomic E-state index is 0.117. The number of carbonyl (C=O) groups excluding carboxylic acids is 1. The highest BCUT2D eigenvalue weighted by Gasteiger charge is 2.49. The van der Waals surface area contributed by atoms with Crippen LogP contribution in [0.3, 0.4) is 0 Å². The zero-order valence-corrected chi connectivity index (χ0v) is 22.3. The summed E-state index contributed by atoms with van der Waals surface area (Å²) in [6, 6.07) is 7.94. The van der Waals surface area contributed by atoms with Gasteiger partial charge >= 0.3 is 12.3 Å². The standard InChI is InChI=1S/C27H23ClF5N5O2/c1-26(2,3)40-25(39)37-10-11-38(19(13-37)27(31,32)33)23-16-12-18(30)21(34-22(16)35-24(28)36-23)15-8-4-6-14-7-5-9-17(29)20(14)15/h4-9,12,19H,10-11,13H2,1-3H3/t19-/m1/s1. The van der Waals surface area contributed by atoms with Crippen LogP contribution in [0.5, 0.6) is 0 Å². The molecule has 3 heterocycles. The predicted molar refractivity (Wildman–Crippen MR) is 140 cm³/mol. The third-order valence-corrected chi connectivity index (χ3v) is 6.55. The van der Waals surface area contributed by atoms with Crippen molar-refractivity contribution in [1.82, 2.24) is 19.9 Å². The third kappa shape index (κ3) is 5.32. The Bertz CT molecular complexity index is 1620. The summed E-state index contributed by atoms with van der Waals surface area (Å²) in [6.07, 6.45) is -5.68. The van der Waals surface area contributed by atoms with Gasteiger partial charge in [-0.15, -0.1) is 0 Å². The van der Waals surface area contributed by atoms with E-state index in [4.69, 9.17) is 16.3 Å². The Morgan fingerprint density at radius 3 is 2.38 bits per heavy atom. The number of amides is 1. The van der Waals surface area contributed by atoms with E-state index in [0.29, 0.717) is 5.39 Å². The number of piperazine rings is 1. The Morgan fingerprint density at radius 1 is 1.00 bits per heavy atom. The van der Waals surface area contributed by atoms with Crippen molar-refractivity contribution in [1.29, 1.82) is 0 Å². The number of anilines is 1. The molecule has 0 saturated carbocycles. The molecule has 7 nitrogen and oxygen atoms in total. The molecule has 0 aliphatic carbocycles. The van der Waals surface area contributed by atoms with Crippen LogP contribution in [0.25, 0.3) is 33.1 Å². The summed E-state index contributed by atoms with van der Waals surface area (Å²) in [4.78, 5) is 26.7. The number of rotatable bonds is 2. The maximum atomic E-state index is 15.6. The van der Waals surface area contributed by atoms with Crippen LogP contribution in [-0.4, -0.2) is 63.4 Å². The average Bonchev–Trinajstić information content (AvgIpc) is 2.86. The summed E-state index contributed by atoms with van der Waals surface area (Å²) in [5.74, 6) is -1.79. The number of alkyl halides is 3. The largest absolute Gasteiger partial charge is 0.444 e. The average molecular weight is 580 g/mol. The fourth-order valence-electron chi connectivity index (χ4n) is 4.70. The number of nitrogens with zero attached hydrogens (tertiary/aromatic N) is 5. The summed E-state index contributed by atoms with van der Waals surface area (Å²) < 4.78 is 78.4. The van der Waals surface area contributed by atoms with Gasteiger partial charge in [0.2, 0.25) is 5.28 Å². The van der Waals surface area contributed by atoms with Gasteiger partial charge in [-0.1, -0.05) is 30.3 Å². The van der Waals surface area contributed by atoms with Gasteiger partial charge in [0.05, 0.1) is 11.9 Å². The number of carbonyl (C=O) groups is 1. The van der Waals surface area contributed by atoms with E-state index in [0.717, 1.165) is 15.9 Å². The van der Waals surface area contributed by atoms with Crippen molar-refractivity contribution in [3.63, 3.8) is 0 Å². The van der Waals surface area contributed by atoms with E-state index in [1.54, 1.807) is 39.0 Å². The van der Waals surface area contributed by atoms with E-state index >= 15 is 4.39 Å². The number of pyridine rings is 1. The van der Waals surface area contributed by atoms with E-state index in [9.17, 15) is 22.4 Å². The van der Waals surface area contributed by atoms with Gasteiger partial charge in [-0.2, -0.15) is 23.1 Å². The molecule has 1 aliphatic heterocycles. The van der Waals surface area contributed by atoms with Crippen molar-refractivity contribution in [3.8, 4) is 11.3 Å². The van der Waals surface area contributed by atoms with Gasteiger partial charge in [-0.3, -0.25) is 0 Å². The molecule has 13 heteroatoms. The monoisotopic (exact) mass is 579 g/mol. The minimum atomic E-state index is -4.79. The molecule has 0 N–H and O–H groups in total. The molecular weight excluding hydrogens is 557 g/mol. The van der Waals surface area contributed by atoms with Gasteiger partial charge < -0.3 is 14.5 Å². The van der Waals surface area contributed by atoms with Crippen LogP contribution in [0.4, 0.5) is 32.6 Å². The first-order valence-corrected chi connectivity index (χ1v) is 12.6. The van der Waals surface area contributed by atoms with Gasteiger partial charge in [0.25, 0.3) is 0 Å². The Hall–Kier alpha value is -3.80. The summed E-state index contributed by atoms with van der Waals surface area (Å²) in [6.45, 7) is 3.67. The summed E-state index contributed by atoms with van der Waals surface area (Å²) in [7, 11) is 0. The zero-order valence-electron chi connectivity index (χ0n) is 21.6. The predicted octanol–water partition coefficient (Wildman–Crippen LogP) is 6.76. The van der Waals surface area contributed by atoms with Crippen LogP contribution in [0.2, 0.25) is 5.28 Å². The van der Waals surface area contributed by atoms with Crippen molar-refractivity contribution in [2.75, 3.05) is 24.5 Å². The van der Waals surface area contributed by atoms with Crippen LogP contribution >= 0.6 is 11.6 Å². The lowest BCUT2D eigenvalue weighted by Gasteiger charge is -2.42. The van der Waals surface area contributed by atoms with Gasteiger partial charge in [0, 0.05) is 24.0 Å². The number of hydrogen-bond acceptors (Lipinski definition) is 6. The molecule has 0 radical (unpaired) electrons. The molecule has 40 heavy (non-hydrogen) atoms. The van der Waals surface area contributed by atoms with Crippen molar-refractivity contribution < 1.29 is 31.5 Å². The summed E-state index contributed by atoms with van der Waals surface area (Å²) in [5, 5.41) is 0.112. The molecular formula is C27H23ClF5N5O2. The van der Waals surface area contributed by atoms with Gasteiger partial charge in [-0.25, -0.2) is 18.6 Å². The maximum Gasteiger partial charge on any atom is 0.410 e. The Morgan fingerprint density at radius 2 is 1.70 bits per heavy atom. The van der Waals surface area contributed by atoms with E-state index in [1.807, 2.05) is 0 Å². The lowest BCUT2D eigenvalue weighted by atomic mass is 10.0. The lowest BCUT2D eigenvalue weighted by molar-refractivity contribution is -0.155. The molecule has 0 bridgehead atoms. The zero-order chi connectivity index (χ0) is 29.0. The first-order chi connectivity index (χ1) is 18.7. The summed E-state index contributed by atoms with van der Waals surface area (Å²) >= 11 is 6.11. The highest BCUT2D eigenvalue weighted by atomic mass is 35.5. The number of ether oxygens (including phenoxy) is 1. The van der Waals surface area contributed by atoms with E-state index in [2.05, 4.69) is 15.0 Å². The van der Waals surface area contributed by atoms with Crippen molar-refractivity contribution >= 4 is 45.3 Å². The molecule has 0 unspecified atom stereocenters. The van der Waals surface area contributed by atoms with Crippen LogP contribution in [-0.2, 0) is 4.74 Å². The topological polar surface area (TPSA) is 71.5 Å². The number of aromatic nitrogens is 3. The molecule has 0 spiro atoms. The van der Waals surface area contributed by atoms with Crippen LogP contribution < -0.4 is 4.90 Å². The normalized spacial score (nSPS) is 16.6. The van der Waals surface area contributed by atoms with Crippen molar-refractivity contribution in [2.45, 2.75) is 38.6 Å². The Labute approximate surface area is 230 Å². The Kier molecular flexibility index (Phi) is 6.93. The van der Waals surface area contributed by atoms with Crippen molar-refractivity contribution in [2.24, 2.45) is 0 Å². The molecule has 1 fully saturated rings. The second kappa shape index (κ2) is 9.99. The van der Waals surface area contributed by atoms with Crippen LogP contribution in [0.15, 0.2) is 42.5 Å². The quantitative estimate of drug-likeness (QED) is 0.193. The minimum Gasteiger partial charge on any atom is -0.444 e. The SMILES string of the molecule is CC(C)(C)OC(=O)N1CCN(c2nc(Cl)nc3nc(-c4cccc5cccc(F)c45)c(F)cc23)[C@@H](C(F)(F)F)C1. The number of hydrogen-bond donors (Lipinski definition) is 0. The summed E-state index contributed by atoms with van der Waals surface area (Å²) in [5.41, 5.74) is -1.17. The molecule has 2 aromatic carbocycles. The maximum absolute atomic E-state index is 15.6. The smallest absolute Gasteiger partial charge is 0.410 e. The number of halogens is 6. The van der Waals surface area contributed by atoms with E-state index < -0.39 is 47.4 Å². The number of benzene rings is 2. The highest BCUT2D eigenvalue weighted by molar-refractivity contribution is 6.28. The fraction of sp³-hybridized carbons (Fsp3) is 0.333. The second-order valence-corrected chi connectivity index (χ2v) is 10.7. The van der Waals surface area contributed by atoms with Gasteiger partial charge in [-0.05, 0) is 49.9 Å². The first kappa shape index (κ1) is 27.8. The third-order valence-electron chi connectivity index (χ3n) is 6.38. The molecule has 4 aromatic rings. The molecule has 1 saturated heterocycles. The number of fused-ring (bicyclic) bond motifs is 2. The molecule has 210 valence electrons. The molecule has 1 atom stereocenters. The van der Waals surface area contributed by atoms with E-state index in [1.165, 1.54) is 18.2 Å². The van der Waals surface area contributed by atoms with Crippen molar-refractivity contribution in [3.05, 3.63) is 59.4 Å². The lowest BCUT2D eigenvalue weighted by Crippen LogP contribution is -2.61. The van der Waals surface area contributed by atoms with Gasteiger partial charge in [0.1, 0.15) is 34.8 Å². The van der Waals surface area contributed by atoms with Crippen LogP contribution in [0.1, 0.15) is 20.8 Å². The highest BCUT2D eigenvalue weighted by Crippen LogP contribution is 2.37. The van der Waals surface area contributed by atoms with E-state index in [-0.39, 0.29) is 46.6 Å². The first-order valence-electron chi connectivity index (χ1n) is 12.3. The molecule has 2 aromatic heterocycles. The van der Waals surface area contributed by atoms with Crippen LogP contribution in [0, 0.1) is 11.6 Å². The van der Waals surface area contributed by atoms with Gasteiger partial charge in [0.15, 0.2) is 5.65 Å². The molecule has 5 rings (SSSR count). The molecule has 1 amide bonds. The molecule has 1 aliphatic rings.